The summed E-state index contributed by atoms with van der Waals surface area (Å²) in [5.41, 5.74) is 4.05. The fourth-order valence-electron chi connectivity index (χ4n) is 2.22. The van der Waals surface area contributed by atoms with Crippen molar-refractivity contribution >= 4 is 11.8 Å². The van der Waals surface area contributed by atoms with E-state index < -0.39 is 0 Å². The van der Waals surface area contributed by atoms with E-state index in [-0.39, 0.29) is 5.25 Å². The third-order valence-electron chi connectivity index (χ3n) is 3.26. The van der Waals surface area contributed by atoms with Crippen molar-refractivity contribution < 1.29 is 0 Å². The second-order valence-corrected chi connectivity index (χ2v) is 6.22. The molecular formula is C18H15N3S. The number of thioether (sulfide) groups is 1. The summed E-state index contributed by atoms with van der Waals surface area (Å²) in [5, 5.41) is 9.62. The highest BCUT2D eigenvalue weighted by Gasteiger charge is 2.15. The summed E-state index contributed by atoms with van der Waals surface area (Å²) in [5.74, 6) is 0. The molecule has 0 aliphatic carbocycles. The van der Waals surface area contributed by atoms with Gasteiger partial charge in [-0.25, -0.2) is 4.98 Å². The zero-order chi connectivity index (χ0) is 15.4. The van der Waals surface area contributed by atoms with Gasteiger partial charge in [-0.15, -0.1) is 0 Å². The number of benzene rings is 2. The largest absolute Gasteiger partial charge is 0.332 e. The van der Waals surface area contributed by atoms with E-state index in [0.29, 0.717) is 0 Å². The summed E-state index contributed by atoms with van der Waals surface area (Å²) in [4.78, 5) is 8.06. The predicted octanol–water partition coefficient (Wildman–Crippen LogP) is 4.75. The van der Waals surface area contributed by atoms with E-state index in [4.69, 9.17) is 10.2 Å². The first kappa shape index (κ1) is 14.4. The Kier molecular flexibility index (Phi) is 4.27. The van der Waals surface area contributed by atoms with Gasteiger partial charge in [0.05, 0.1) is 22.7 Å². The molecule has 3 rings (SSSR count). The molecule has 1 aromatic heterocycles. The third kappa shape index (κ3) is 3.05. The maximum Gasteiger partial charge on any atom is 0.167 e. The SMILES string of the molecule is CC(C#N)Sc1nc(-c2ccccc2)c(-c2ccccc2)[nH]1. The first-order valence-corrected chi connectivity index (χ1v) is 7.93. The Hall–Kier alpha value is -2.51. The lowest BCUT2D eigenvalue weighted by molar-refractivity contribution is 1.05. The van der Waals surface area contributed by atoms with Crippen molar-refractivity contribution in [1.29, 1.82) is 5.26 Å². The summed E-state index contributed by atoms with van der Waals surface area (Å²) in [6.45, 7) is 1.87. The van der Waals surface area contributed by atoms with Gasteiger partial charge in [0, 0.05) is 11.1 Å². The molecule has 0 spiro atoms. The van der Waals surface area contributed by atoms with Gasteiger partial charge in [0.1, 0.15) is 0 Å². The smallest absolute Gasteiger partial charge is 0.167 e. The van der Waals surface area contributed by atoms with Crippen LogP contribution in [0.25, 0.3) is 22.5 Å². The van der Waals surface area contributed by atoms with E-state index in [9.17, 15) is 0 Å². The molecule has 108 valence electrons. The van der Waals surface area contributed by atoms with Gasteiger partial charge in [0.25, 0.3) is 0 Å². The van der Waals surface area contributed by atoms with Crippen LogP contribution < -0.4 is 0 Å². The molecule has 4 heteroatoms. The molecule has 0 fully saturated rings. The van der Waals surface area contributed by atoms with E-state index in [1.54, 1.807) is 0 Å². The summed E-state index contributed by atoms with van der Waals surface area (Å²) < 4.78 is 0. The highest BCUT2D eigenvalue weighted by molar-refractivity contribution is 8.00. The Morgan fingerprint density at radius 2 is 1.59 bits per heavy atom. The van der Waals surface area contributed by atoms with Gasteiger partial charge in [-0.2, -0.15) is 5.26 Å². The number of rotatable bonds is 4. The molecule has 1 unspecified atom stereocenters. The number of nitrogens with zero attached hydrogens (tertiary/aromatic N) is 2. The second kappa shape index (κ2) is 6.50. The fourth-order valence-corrected chi connectivity index (χ4v) is 2.91. The molecule has 0 aliphatic heterocycles. The lowest BCUT2D eigenvalue weighted by atomic mass is 10.1. The molecule has 0 aliphatic rings. The van der Waals surface area contributed by atoms with Crippen molar-refractivity contribution in [2.24, 2.45) is 0 Å². The average molecular weight is 305 g/mol. The number of imidazole rings is 1. The molecule has 22 heavy (non-hydrogen) atoms. The monoisotopic (exact) mass is 305 g/mol. The van der Waals surface area contributed by atoms with Gasteiger partial charge in [-0.05, 0) is 6.92 Å². The van der Waals surface area contributed by atoms with E-state index in [2.05, 4.69) is 23.2 Å². The average Bonchev–Trinajstić information content (AvgIpc) is 3.00. The number of hydrogen-bond donors (Lipinski definition) is 1. The van der Waals surface area contributed by atoms with Gasteiger partial charge >= 0.3 is 0 Å². The van der Waals surface area contributed by atoms with Crippen LogP contribution >= 0.6 is 11.8 Å². The van der Waals surface area contributed by atoms with E-state index in [1.807, 2.05) is 55.5 Å². The fraction of sp³-hybridized carbons (Fsp3) is 0.111. The van der Waals surface area contributed by atoms with Crippen molar-refractivity contribution in [2.45, 2.75) is 17.3 Å². The van der Waals surface area contributed by atoms with Crippen molar-refractivity contribution in [2.75, 3.05) is 0 Å². The maximum atomic E-state index is 8.99. The Morgan fingerprint density at radius 3 is 2.18 bits per heavy atom. The van der Waals surface area contributed by atoms with Crippen LogP contribution in [0.4, 0.5) is 0 Å². The predicted molar refractivity (Wildman–Crippen MR) is 90.4 cm³/mol. The minimum atomic E-state index is -0.140. The number of aromatic nitrogens is 2. The van der Waals surface area contributed by atoms with Crippen LogP contribution in [0.2, 0.25) is 0 Å². The van der Waals surface area contributed by atoms with Crippen LogP contribution in [0.5, 0.6) is 0 Å². The molecule has 1 N–H and O–H groups in total. The highest BCUT2D eigenvalue weighted by Crippen LogP contribution is 2.33. The molecule has 1 heterocycles. The van der Waals surface area contributed by atoms with Crippen molar-refractivity contribution in [3.8, 4) is 28.6 Å². The zero-order valence-electron chi connectivity index (χ0n) is 12.2. The second-order valence-electron chi connectivity index (χ2n) is 4.89. The number of hydrogen-bond acceptors (Lipinski definition) is 3. The standard InChI is InChI=1S/C18H15N3S/c1-13(12-19)22-18-20-16(14-8-4-2-5-9-14)17(21-18)15-10-6-3-7-11-15/h2-11,13H,1H3,(H,20,21). The quantitative estimate of drug-likeness (QED) is 0.708. The first-order chi connectivity index (χ1) is 10.8. The lowest BCUT2D eigenvalue weighted by Gasteiger charge is -2.02. The Morgan fingerprint density at radius 1 is 1.00 bits per heavy atom. The third-order valence-corrected chi connectivity index (χ3v) is 4.14. The van der Waals surface area contributed by atoms with Crippen molar-refractivity contribution in [3.63, 3.8) is 0 Å². The first-order valence-electron chi connectivity index (χ1n) is 7.05. The molecule has 0 amide bonds. The van der Waals surface area contributed by atoms with E-state index in [0.717, 1.165) is 27.7 Å². The summed E-state index contributed by atoms with van der Waals surface area (Å²) in [7, 11) is 0. The number of nitriles is 1. The van der Waals surface area contributed by atoms with Crippen LogP contribution in [-0.4, -0.2) is 15.2 Å². The summed E-state index contributed by atoms with van der Waals surface area (Å²) in [6.07, 6.45) is 0. The summed E-state index contributed by atoms with van der Waals surface area (Å²) in [6, 6.07) is 22.4. The van der Waals surface area contributed by atoms with Gasteiger partial charge in [-0.3, -0.25) is 0 Å². The Bertz CT molecular complexity index is 731. The topological polar surface area (TPSA) is 52.5 Å². The van der Waals surface area contributed by atoms with Crippen LogP contribution in [0.1, 0.15) is 6.92 Å². The molecular weight excluding hydrogens is 290 g/mol. The maximum absolute atomic E-state index is 8.99. The highest BCUT2D eigenvalue weighted by atomic mass is 32.2. The van der Waals surface area contributed by atoms with Crippen molar-refractivity contribution in [3.05, 3.63) is 60.7 Å². The number of nitrogens with one attached hydrogen (secondary N) is 1. The van der Waals surface area contributed by atoms with Gasteiger partial charge in [-0.1, -0.05) is 72.4 Å². The van der Waals surface area contributed by atoms with E-state index in [1.165, 1.54) is 11.8 Å². The van der Waals surface area contributed by atoms with Crippen LogP contribution in [0.15, 0.2) is 65.8 Å². The molecule has 0 saturated heterocycles. The van der Waals surface area contributed by atoms with Gasteiger partial charge in [0.15, 0.2) is 5.16 Å². The normalized spacial score (nSPS) is 11.8. The van der Waals surface area contributed by atoms with Gasteiger partial charge in [0.2, 0.25) is 0 Å². The minimum absolute atomic E-state index is 0.140. The zero-order valence-corrected chi connectivity index (χ0v) is 13.0. The Balaban J connectivity index is 2.09. The van der Waals surface area contributed by atoms with Gasteiger partial charge < -0.3 is 4.98 Å². The van der Waals surface area contributed by atoms with Crippen molar-refractivity contribution in [1.82, 2.24) is 9.97 Å². The van der Waals surface area contributed by atoms with E-state index >= 15 is 0 Å². The molecule has 1 atom stereocenters. The number of H-pyrrole nitrogens is 1. The Labute approximate surface area is 134 Å². The van der Waals surface area contributed by atoms with Crippen LogP contribution in [-0.2, 0) is 0 Å². The molecule has 3 aromatic rings. The van der Waals surface area contributed by atoms with Crippen LogP contribution in [0, 0.1) is 11.3 Å². The molecule has 3 nitrogen and oxygen atoms in total. The minimum Gasteiger partial charge on any atom is -0.332 e. The molecule has 0 saturated carbocycles. The molecule has 0 radical (unpaired) electrons. The number of aromatic amines is 1. The molecule has 2 aromatic carbocycles. The lowest BCUT2D eigenvalue weighted by Crippen LogP contribution is -1.90. The molecule has 0 bridgehead atoms. The van der Waals surface area contributed by atoms with Crippen LogP contribution in [0.3, 0.4) is 0 Å². The summed E-state index contributed by atoms with van der Waals surface area (Å²) >= 11 is 1.44.